The van der Waals surface area contributed by atoms with Gasteiger partial charge in [-0.2, -0.15) is 0 Å². The summed E-state index contributed by atoms with van der Waals surface area (Å²) in [7, 11) is 0. The third kappa shape index (κ3) is 9.50. The lowest BCUT2D eigenvalue weighted by molar-refractivity contribution is 0.0973. The van der Waals surface area contributed by atoms with Gasteiger partial charge in [-0.25, -0.2) is 0 Å². The van der Waals surface area contributed by atoms with Crippen molar-refractivity contribution in [1.29, 1.82) is 0 Å². The summed E-state index contributed by atoms with van der Waals surface area (Å²) in [6.07, 6.45) is 6.77. The number of rotatable bonds is 6. The highest BCUT2D eigenvalue weighted by Gasteiger charge is 1.90. The molecule has 0 aromatic carbocycles. The lowest BCUT2D eigenvalue weighted by Gasteiger charge is -2.01. The molecule has 0 heterocycles. The Hall–Kier alpha value is -0.500. The molecule has 0 spiro atoms. The standard InChI is InChI=1S/C9H18O2/c1-3-4-5-6-7-11-8-9(2)10/h6-7,9-10H,3-5,8H2,1-2H3. The quantitative estimate of drug-likeness (QED) is 0.473. The molecule has 1 atom stereocenters. The fourth-order valence-electron chi connectivity index (χ4n) is 0.653. The Morgan fingerprint density at radius 3 is 2.82 bits per heavy atom. The van der Waals surface area contributed by atoms with Crippen LogP contribution in [0.2, 0.25) is 0 Å². The maximum Gasteiger partial charge on any atom is 0.113 e. The minimum absolute atomic E-state index is 0.370. The van der Waals surface area contributed by atoms with E-state index in [9.17, 15) is 0 Å². The maximum absolute atomic E-state index is 8.80. The smallest absolute Gasteiger partial charge is 0.113 e. The molecule has 11 heavy (non-hydrogen) atoms. The molecule has 0 aliphatic rings. The van der Waals surface area contributed by atoms with Crippen LogP contribution in [0, 0.1) is 0 Å². The van der Waals surface area contributed by atoms with Gasteiger partial charge in [-0.1, -0.05) is 13.3 Å². The predicted molar refractivity (Wildman–Crippen MR) is 46.3 cm³/mol. The van der Waals surface area contributed by atoms with Crippen LogP contribution in [-0.4, -0.2) is 17.8 Å². The second kappa shape index (κ2) is 7.61. The second-order valence-electron chi connectivity index (χ2n) is 2.70. The van der Waals surface area contributed by atoms with E-state index in [0.717, 1.165) is 6.42 Å². The molecule has 0 aromatic rings. The van der Waals surface area contributed by atoms with Gasteiger partial charge in [0.2, 0.25) is 0 Å². The largest absolute Gasteiger partial charge is 0.499 e. The minimum atomic E-state index is -0.370. The normalized spacial score (nSPS) is 13.7. The number of allylic oxidation sites excluding steroid dienone is 1. The molecular formula is C9H18O2. The van der Waals surface area contributed by atoms with E-state index >= 15 is 0 Å². The number of hydrogen-bond acceptors (Lipinski definition) is 2. The van der Waals surface area contributed by atoms with Gasteiger partial charge in [-0.15, -0.1) is 0 Å². The molecule has 2 heteroatoms. The van der Waals surface area contributed by atoms with Crippen LogP contribution in [0.5, 0.6) is 0 Å². The molecule has 0 radical (unpaired) electrons. The van der Waals surface area contributed by atoms with E-state index in [1.165, 1.54) is 12.8 Å². The average molecular weight is 158 g/mol. The van der Waals surface area contributed by atoms with Crippen LogP contribution >= 0.6 is 0 Å². The van der Waals surface area contributed by atoms with Gasteiger partial charge in [0.1, 0.15) is 6.61 Å². The van der Waals surface area contributed by atoms with Gasteiger partial charge in [0, 0.05) is 0 Å². The Morgan fingerprint density at radius 1 is 1.55 bits per heavy atom. The highest BCUT2D eigenvalue weighted by molar-refractivity contribution is 4.72. The summed E-state index contributed by atoms with van der Waals surface area (Å²) in [5, 5.41) is 8.80. The molecule has 0 aliphatic heterocycles. The molecule has 0 saturated heterocycles. The van der Waals surface area contributed by atoms with Crippen molar-refractivity contribution in [2.75, 3.05) is 6.61 Å². The molecule has 0 fully saturated rings. The van der Waals surface area contributed by atoms with Crippen molar-refractivity contribution < 1.29 is 9.84 Å². The van der Waals surface area contributed by atoms with Gasteiger partial charge in [0.05, 0.1) is 12.4 Å². The average Bonchev–Trinajstić information content (AvgIpc) is 1.96. The SMILES string of the molecule is CCCCC=COCC(C)O. The fourth-order valence-corrected chi connectivity index (χ4v) is 0.653. The van der Waals surface area contributed by atoms with Gasteiger partial charge in [0.25, 0.3) is 0 Å². The maximum atomic E-state index is 8.80. The van der Waals surface area contributed by atoms with Crippen LogP contribution in [-0.2, 0) is 4.74 Å². The lowest BCUT2D eigenvalue weighted by atomic mass is 10.2. The molecule has 0 rings (SSSR count). The molecule has 0 amide bonds. The molecule has 0 aromatic heterocycles. The molecule has 1 N–H and O–H groups in total. The second-order valence-corrected chi connectivity index (χ2v) is 2.70. The van der Waals surface area contributed by atoms with Crippen molar-refractivity contribution in [3.05, 3.63) is 12.3 Å². The van der Waals surface area contributed by atoms with Crippen LogP contribution in [0.25, 0.3) is 0 Å². The number of unbranched alkanes of at least 4 members (excludes halogenated alkanes) is 2. The monoisotopic (exact) mass is 158 g/mol. The van der Waals surface area contributed by atoms with Crippen LogP contribution in [0.1, 0.15) is 33.1 Å². The zero-order valence-electron chi connectivity index (χ0n) is 7.42. The molecule has 66 valence electrons. The van der Waals surface area contributed by atoms with Crippen LogP contribution < -0.4 is 0 Å². The van der Waals surface area contributed by atoms with Crippen molar-refractivity contribution >= 4 is 0 Å². The fraction of sp³-hybridized carbons (Fsp3) is 0.778. The summed E-state index contributed by atoms with van der Waals surface area (Å²) < 4.78 is 5.01. The van der Waals surface area contributed by atoms with E-state index < -0.39 is 0 Å². The van der Waals surface area contributed by atoms with Crippen molar-refractivity contribution in [2.45, 2.75) is 39.2 Å². The number of aliphatic hydroxyl groups is 1. The molecule has 1 unspecified atom stereocenters. The van der Waals surface area contributed by atoms with Crippen molar-refractivity contribution in [3.8, 4) is 0 Å². The summed E-state index contributed by atoms with van der Waals surface area (Å²) >= 11 is 0. The molecule has 0 aliphatic carbocycles. The molecule has 0 bridgehead atoms. The first kappa shape index (κ1) is 10.5. The summed E-state index contributed by atoms with van der Waals surface area (Å²) in [4.78, 5) is 0. The van der Waals surface area contributed by atoms with E-state index in [0.29, 0.717) is 6.61 Å². The Balaban J connectivity index is 3.03. The zero-order valence-corrected chi connectivity index (χ0v) is 7.42. The molecule has 2 nitrogen and oxygen atoms in total. The Morgan fingerprint density at radius 2 is 2.27 bits per heavy atom. The first-order valence-corrected chi connectivity index (χ1v) is 4.22. The first-order chi connectivity index (χ1) is 5.27. The summed E-state index contributed by atoms with van der Waals surface area (Å²) in [5.74, 6) is 0. The van der Waals surface area contributed by atoms with Crippen LogP contribution in [0.15, 0.2) is 12.3 Å². The number of ether oxygens (including phenoxy) is 1. The van der Waals surface area contributed by atoms with E-state index in [4.69, 9.17) is 9.84 Å². The van der Waals surface area contributed by atoms with Crippen LogP contribution in [0.4, 0.5) is 0 Å². The Labute approximate surface area is 68.9 Å². The molecule has 0 saturated carbocycles. The van der Waals surface area contributed by atoms with E-state index in [-0.39, 0.29) is 6.10 Å². The van der Waals surface area contributed by atoms with Gasteiger partial charge in [-0.3, -0.25) is 0 Å². The molecular weight excluding hydrogens is 140 g/mol. The third-order valence-electron chi connectivity index (χ3n) is 1.25. The number of hydrogen-bond donors (Lipinski definition) is 1. The minimum Gasteiger partial charge on any atom is -0.499 e. The van der Waals surface area contributed by atoms with E-state index in [1.807, 2.05) is 6.08 Å². The highest BCUT2D eigenvalue weighted by atomic mass is 16.5. The van der Waals surface area contributed by atoms with Crippen molar-refractivity contribution in [2.24, 2.45) is 0 Å². The lowest BCUT2D eigenvalue weighted by Crippen LogP contribution is -2.06. The van der Waals surface area contributed by atoms with Crippen LogP contribution in [0.3, 0.4) is 0 Å². The highest BCUT2D eigenvalue weighted by Crippen LogP contribution is 1.95. The van der Waals surface area contributed by atoms with E-state index in [1.54, 1.807) is 13.2 Å². The van der Waals surface area contributed by atoms with Crippen molar-refractivity contribution in [1.82, 2.24) is 0 Å². The van der Waals surface area contributed by atoms with Gasteiger partial charge < -0.3 is 9.84 Å². The van der Waals surface area contributed by atoms with E-state index in [2.05, 4.69) is 6.92 Å². The van der Waals surface area contributed by atoms with Gasteiger partial charge in [-0.05, 0) is 25.8 Å². The number of aliphatic hydroxyl groups excluding tert-OH is 1. The topological polar surface area (TPSA) is 29.5 Å². The van der Waals surface area contributed by atoms with Gasteiger partial charge >= 0.3 is 0 Å². The third-order valence-corrected chi connectivity index (χ3v) is 1.25. The Bertz CT molecular complexity index is 97.7. The first-order valence-electron chi connectivity index (χ1n) is 4.22. The summed E-state index contributed by atoms with van der Waals surface area (Å²) in [6, 6.07) is 0. The van der Waals surface area contributed by atoms with Crippen molar-refractivity contribution in [3.63, 3.8) is 0 Å². The Kier molecular flexibility index (Phi) is 7.26. The van der Waals surface area contributed by atoms with Gasteiger partial charge in [0.15, 0.2) is 0 Å². The summed E-state index contributed by atoms with van der Waals surface area (Å²) in [6.45, 7) is 4.26. The summed E-state index contributed by atoms with van der Waals surface area (Å²) in [5.41, 5.74) is 0. The zero-order chi connectivity index (χ0) is 8.53. The predicted octanol–water partition coefficient (Wildman–Crippen LogP) is 2.09.